The predicted octanol–water partition coefficient (Wildman–Crippen LogP) is 1.88. The zero-order valence-corrected chi connectivity index (χ0v) is 8.38. The highest BCUT2D eigenvalue weighted by molar-refractivity contribution is 6.34. The van der Waals surface area contributed by atoms with Gasteiger partial charge in [-0.2, -0.15) is 0 Å². The van der Waals surface area contributed by atoms with Gasteiger partial charge in [-0.15, -0.1) is 11.6 Å². The Labute approximate surface area is 86.6 Å². The summed E-state index contributed by atoms with van der Waals surface area (Å²) in [7, 11) is 1.54. The van der Waals surface area contributed by atoms with Gasteiger partial charge in [-0.05, 0) is 12.1 Å². The molecular weight excluding hydrogens is 204 g/mol. The van der Waals surface area contributed by atoms with Gasteiger partial charge in [-0.25, -0.2) is 0 Å². The SMILES string of the molecule is COc1cccc2c1OCC(Cl)C2=O. The van der Waals surface area contributed by atoms with Crippen LogP contribution in [0.15, 0.2) is 18.2 Å². The molecule has 0 radical (unpaired) electrons. The van der Waals surface area contributed by atoms with Crippen molar-refractivity contribution >= 4 is 17.4 Å². The first kappa shape index (κ1) is 9.34. The molecule has 1 aromatic rings. The maximum absolute atomic E-state index is 11.6. The van der Waals surface area contributed by atoms with E-state index in [0.717, 1.165) is 0 Å². The average molecular weight is 213 g/mol. The van der Waals surface area contributed by atoms with Crippen LogP contribution in [-0.4, -0.2) is 24.9 Å². The first-order valence-electron chi connectivity index (χ1n) is 4.22. The number of Topliss-reactive ketones (excluding diaryl/α,β-unsaturated/α-hetero) is 1. The molecule has 74 valence electrons. The quantitative estimate of drug-likeness (QED) is 0.667. The highest BCUT2D eigenvalue weighted by atomic mass is 35.5. The Morgan fingerprint density at radius 1 is 1.57 bits per heavy atom. The summed E-state index contributed by atoms with van der Waals surface area (Å²) in [6.07, 6.45) is 0. The molecule has 1 unspecified atom stereocenters. The number of hydrogen-bond acceptors (Lipinski definition) is 3. The molecule has 0 saturated heterocycles. The fraction of sp³-hybridized carbons (Fsp3) is 0.300. The number of carbonyl (C=O) groups is 1. The molecule has 0 bridgehead atoms. The fourth-order valence-electron chi connectivity index (χ4n) is 1.42. The highest BCUT2D eigenvalue weighted by Gasteiger charge is 2.28. The summed E-state index contributed by atoms with van der Waals surface area (Å²) in [5.41, 5.74) is 0.496. The third-order valence-electron chi connectivity index (χ3n) is 2.12. The lowest BCUT2D eigenvalue weighted by Gasteiger charge is -2.21. The molecule has 1 atom stereocenters. The Morgan fingerprint density at radius 3 is 3.07 bits per heavy atom. The Balaban J connectivity index is 2.52. The third-order valence-corrected chi connectivity index (χ3v) is 2.45. The Kier molecular flexibility index (Phi) is 2.33. The van der Waals surface area contributed by atoms with Gasteiger partial charge in [-0.1, -0.05) is 6.07 Å². The van der Waals surface area contributed by atoms with Crippen molar-refractivity contribution in [3.63, 3.8) is 0 Å². The van der Waals surface area contributed by atoms with Crippen LogP contribution in [-0.2, 0) is 0 Å². The second-order valence-electron chi connectivity index (χ2n) is 2.98. The van der Waals surface area contributed by atoms with Crippen LogP contribution in [0.3, 0.4) is 0 Å². The molecule has 1 heterocycles. The van der Waals surface area contributed by atoms with Gasteiger partial charge in [0, 0.05) is 0 Å². The summed E-state index contributed by atoms with van der Waals surface area (Å²) in [4.78, 5) is 11.6. The van der Waals surface area contributed by atoms with Crippen LogP contribution in [0.25, 0.3) is 0 Å². The normalized spacial score (nSPS) is 19.9. The summed E-state index contributed by atoms with van der Waals surface area (Å²) >= 11 is 5.78. The molecule has 14 heavy (non-hydrogen) atoms. The number of ether oxygens (including phenoxy) is 2. The number of rotatable bonds is 1. The smallest absolute Gasteiger partial charge is 0.188 e. The van der Waals surface area contributed by atoms with Gasteiger partial charge in [0.1, 0.15) is 12.0 Å². The van der Waals surface area contributed by atoms with Crippen molar-refractivity contribution in [3.05, 3.63) is 23.8 Å². The van der Waals surface area contributed by atoms with Gasteiger partial charge >= 0.3 is 0 Å². The number of fused-ring (bicyclic) bond motifs is 1. The van der Waals surface area contributed by atoms with E-state index in [1.165, 1.54) is 7.11 Å². The number of para-hydroxylation sites is 1. The molecule has 4 heteroatoms. The van der Waals surface area contributed by atoms with Crippen molar-refractivity contribution in [3.8, 4) is 11.5 Å². The van der Waals surface area contributed by atoms with E-state index in [4.69, 9.17) is 21.1 Å². The Bertz CT molecular complexity index is 376. The first-order chi connectivity index (χ1) is 6.74. The number of methoxy groups -OCH3 is 1. The zero-order valence-electron chi connectivity index (χ0n) is 7.62. The van der Waals surface area contributed by atoms with Crippen molar-refractivity contribution in [1.29, 1.82) is 0 Å². The Hall–Kier alpha value is -1.22. The number of carbonyl (C=O) groups excluding carboxylic acids is 1. The lowest BCUT2D eigenvalue weighted by molar-refractivity contribution is 0.0936. The van der Waals surface area contributed by atoms with E-state index in [-0.39, 0.29) is 12.4 Å². The minimum atomic E-state index is -0.588. The monoisotopic (exact) mass is 212 g/mol. The molecule has 1 aromatic carbocycles. The Morgan fingerprint density at radius 2 is 2.36 bits per heavy atom. The van der Waals surface area contributed by atoms with Crippen LogP contribution in [0.4, 0.5) is 0 Å². The number of hydrogen-bond donors (Lipinski definition) is 0. The van der Waals surface area contributed by atoms with E-state index in [0.29, 0.717) is 17.1 Å². The van der Waals surface area contributed by atoms with Crippen LogP contribution < -0.4 is 9.47 Å². The average Bonchev–Trinajstić information content (AvgIpc) is 2.23. The second-order valence-corrected chi connectivity index (χ2v) is 3.51. The van der Waals surface area contributed by atoms with Crippen LogP contribution >= 0.6 is 11.6 Å². The van der Waals surface area contributed by atoms with E-state index in [1.54, 1.807) is 18.2 Å². The maximum Gasteiger partial charge on any atom is 0.188 e. The van der Waals surface area contributed by atoms with Crippen LogP contribution in [0.2, 0.25) is 0 Å². The van der Waals surface area contributed by atoms with Gasteiger partial charge in [0.05, 0.1) is 12.7 Å². The number of halogens is 1. The standard InChI is InChI=1S/C10H9ClO3/c1-13-8-4-2-3-6-9(12)7(11)5-14-10(6)8/h2-4,7H,5H2,1H3. The molecule has 0 spiro atoms. The van der Waals surface area contributed by atoms with Crippen molar-refractivity contribution < 1.29 is 14.3 Å². The molecule has 0 N–H and O–H groups in total. The summed E-state index contributed by atoms with van der Waals surface area (Å²) in [6.45, 7) is 0.202. The van der Waals surface area contributed by atoms with Crippen LogP contribution in [0.5, 0.6) is 11.5 Å². The van der Waals surface area contributed by atoms with Crippen LogP contribution in [0.1, 0.15) is 10.4 Å². The third kappa shape index (κ3) is 1.34. The molecule has 0 amide bonds. The van der Waals surface area contributed by atoms with Gasteiger partial charge in [0.2, 0.25) is 0 Å². The molecular formula is C10H9ClO3. The molecule has 0 saturated carbocycles. The zero-order chi connectivity index (χ0) is 10.1. The van der Waals surface area contributed by atoms with Gasteiger partial charge in [0.15, 0.2) is 17.3 Å². The minimum absolute atomic E-state index is 0.105. The van der Waals surface area contributed by atoms with E-state index in [9.17, 15) is 4.79 Å². The van der Waals surface area contributed by atoms with E-state index in [1.807, 2.05) is 0 Å². The molecule has 1 aliphatic rings. The topological polar surface area (TPSA) is 35.5 Å². The highest BCUT2D eigenvalue weighted by Crippen LogP contribution is 2.35. The molecule has 0 aromatic heterocycles. The first-order valence-corrected chi connectivity index (χ1v) is 4.65. The number of alkyl halides is 1. The number of benzene rings is 1. The van der Waals surface area contributed by atoms with E-state index in [2.05, 4.69) is 0 Å². The molecule has 0 fully saturated rings. The second kappa shape index (κ2) is 3.50. The van der Waals surface area contributed by atoms with Crippen molar-refractivity contribution in [2.75, 3.05) is 13.7 Å². The van der Waals surface area contributed by atoms with Crippen LogP contribution in [0, 0.1) is 0 Å². The van der Waals surface area contributed by atoms with Crippen molar-refractivity contribution in [2.45, 2.75) is 5.38 Å². The summed E-state index contributed by atoms with van der Waals surface area (Å²) in [5, 5.41) is -0.588. The molecule has 0 aliphatic carbocycles. The summed E-state index contributed by atoms with van der Waals surface area (Å²) < 4.78 is 10.4. The van der Waals surface area contributed by atoms with Crippen molar-refractivity contribution in [1.82, 2.24) is 0 Å². The summed E-state index contributed by atoms with van der Waals surface area (Å²) in [6, 6.07) is 5.18. The number of ketones is 1. The summed E-state index contributed by atoms with van der Waals surface area (Å²) in [5.74, 6) is 0.961. The predicted molar refractivity (Wildman–Crippen MR) is 52.5 cm³/mol. The lowest BCUT2D eigenvalue weighted by atomic mass is 10.0. The van der Waals surface area contributed by atoms with E-state index >= 15 is 0 Å². The van der Waals surface area contributed by atoms with Gasteiger partial charge in [0.25, 0.3) is 0 Å². The lowest BCUT2D eigenvalue weighted by Crippen LogP contribution is -2.28. The fourth-order valence-corrected chi connectivity index (χ4v) is 1.60. The molecule has 1 aliphatic heterocycles. The maximum atomic E-state index is 11.6. The largest absolute Gasteiger partial charge is 0.493 e. The van der Waals surface area contributed by atoms with E-state index < -0.39 is 5.38 Å². The van der Waals surface area contributed by atoms with Crippen molar-refractivity contribution in [2.24, 2.45) is 0 Å². The molecule has 2 rings (SSSR count). The minimum Gasteiger partial charge on any atom is -0.493 e. The molecule has 3 nitrogen and oxygen atoms in total. The van der Waals surface area contributed by atoms with Gasteiger partial charge < -0.3 is 9.47 Å². The van der Waals surface area contributed by atoms with Gasteiger partial charge in [-0.3, -0.25) is 4.79 Å².